The molecule has 0 bridgehead atoms. The lowest BCUT2D eigenvalue weighted by atomic mass is 10.0. The van der Waals surface area contributed by atoms with Crippen LogP contribution in [0.4, 0.5) is 5.69 Å². The summed E-state index contributed by atoms with van der Waals surface area (Å²) < 4.78 is 0. The fourth-order valence-corrected chi connectivity index (χ4v) is 4.08. The molecule has 0 heterocycles. The molecule has 37 heavy (non-hydrogen) atoms. The number of aliphatic hydroxyl groups excluding tert-OH is 1. The number of hydroxylamine groups is 1. The monoisotopic (exact) mass is 503 g/mol. The Bertz CT molecular complexity index is 1230. The molecule has 10 heteroatoms. The van der Waals surface area contributed by atoms with E-state index in [1.165, 1.54) is 11.0 Å². The zero-order valence-corrected chi connectivity index (χ0v) is 19.9. The summed E-state index contributed by atoms with van der Waals surface area (Å²) in [6, 6.07) is 23.0. The Morgan fingerprint density at radius 2 is 1.54 bits per heavy atom. The van der Waals surface area contributed by atoms with Crippen LogP contribution in [0.2, 0.25) is 0 Å². The highest BCUT2D eigenvalue weighted by atomic mass is 16.5. The Hall–Kier alpha value is -4.09. The van der Waals surface area contributed by atoms with Gasteiger partial charge in [0, 0.05) is 23.2 Å². The number of rotatable bonds is 10. The molecular weight excluding hydrogens is 474 g/mol. The van der Waals surface area contributed by atoms with Gasteiger partial charge in [-0.15, -0.1) is 0 Å². The SMILES string of the molecule is N[C@@H](O)[C@H](NC(=O)c1ccc(-c2ccc(NC(=O)CN[C@H]3C[C@@H]3c3ccccc3)cc2)cc1)C(=O)NO. The highest BCUT2D eigenvalue weighted by molar-refractivity contribution is 5.98. The first-order valence-electron chi connectivity index (χ1n) is 11.8. The first-order valence-corrected chi connectivity index (χ1v) is 11.8. The topological polar surface area (TPSA) is 166 Å². The van der Waals surface area contributed by atoms with E-state index in [4.69, 9.17) is 10.9 Å². The number of nitrogens with one attached hydrogen (secondary N) is 4. The largest absolute Gasteiger partial charge is 0.376 e. The van der Waals surface area contributed by atoms with E-state index in [9.17, 15) is 19.5 Å². The van der Waals surface area contributed by atoms with Crippen LogP contribution in [0, 0.1) is 0 Å². The van der Waals surface area contributed by atoms with E-state index in [2.05, 4.69) is 28.1 Å². The highest BCUT2D eigenvalue weighted by Crippen LogP contribution is 2.40. The molecule has 3 aromatic carbocycles. The van der Waals surface area contributed by atoms with E-state index in [0.29, 0.717) is 17.6 Å². The van der Waals surface area contributed by atoms with Crippen molar-refractivity contribution in [2.24, 2.45) is 5.73 Å². The predicted octanol–water partition coefficient (Wildman–Crippen LogP) is 1.32. The summed E-state index contributed by atoms with van der Waals surface area (Å²) in [5, 5.41) is 26.6. The fourth-order valence-electron chi connectivity index (χ4n) is 4.08. The van der Waals surface area contributed by atoms with Gasteiger partial charge in [-0.3, -0.25) is 19.6 Å². The molecule has 4 rings (SSSR count). The molecule has 10 nitrogen and oxygen atoms in total. The molecule has 0 unspecified atom stereocenters. The van der Waals surface area contributed by atoms with E-state index in [0.717, 1.165) is 17.5 Å². The third kappa shape index (κ3) is 6.78. The van der Waals surface area contributed by atoms with Crippen LogP contribution in [-0.4, -0.2) is 52.9 Å². The second-order valence-electron chi connectivity index (χ2n) is 8.86. The molecule has 1 aliphatic rings. The Kier molecular flexibility index (Phi) is 8.26. The van der Waals surface area contributed by atoms with Crippen molar-refractivity contribution in [3.05, 3.63) is 90.0 Å². The summed E-state index contributed by atoms with van der Waals surface area (Å²) in [6.45, 7) is 0.237. The van der Waals surface area contributed by atoms with Crippen LogP contribution in [0.15, 0.2) is 78.9 Å². The lowest BCUT2D eigenvalue weighted by Crippen LogP contribution is -2.55. The fraction of sp³-hybridized carbons (Fsp3) is 0.222. The van der Waals surface area contributed by atoms with Gasteiger partial charge in [-0.1, -0.05) is 54.6 Å². The summed E-state index contributed by atoms with van der Waals surface area (Å²) in [5.74, 6) is -1.33. The molecule has 8 N–H and O–H groups in total. The minimum absolute atomic E-state index is 0.113. The minimum atomic E-state index is -1.69. The summed E-state index contributed by atoms with van der Waals surface area (Å²) in [4.78, 5) is 36.3. The molecule has 0 aromatic heterocycles. The number of hydrogen-bond acceptors (Lipinski definition) is 7. The normalized spacial score (nSPS) is 17.8. The van der Waals surface area contributed by atoms with E-state index in [1.54, 1.807) is 36.4 Å². The van der Waals surface area contributed by atoms with Crippen LogP contribution in [0.5, 0.6) is 0 Å². The van der Waals surface area contributed by atoms with E-state index in [-0.39, 0.29) is 18.0 Å². The smallest absolute Gasteiger partial charge is 0.270 e. The Morgan fingerprint density at radius 1 is 0.919 bits per heavy atom. The number of anilines is 1. The third-order valence-corrected chi connectivity index (χ3v) is 6.21. The average Bonchev–Trinajstić information content (AvgIpc) is 3.71. The van der Waals surface area contributed by atoms with Crippen LogP contribution in [0.25, 0.3) is 11.1 Å². The van der Waals surface area contributed by atoms with E-state index < -0.39 is 24.1 Å². The molecular formula is C27H29N5O5. The van der Waals surface area contributed by atoms with Gasteiger partial charge in [0.2, 0.25) is 5.91 Å². The molecule has 1 saturated carbocycles. The van der Waals surface area contributed by atoms with Crippen LogP contribution in [0.3, 0.4) is 0 Å². The molecule has 1 fully saturated rings. The standard InChI is InChI=1S/C27H29N5O5/c28-25(34)24(27(36)32-37)31-26(35)19-8-6-16(7-9-19)17-10-12-20(13-11-17)30-23(33)15-29-22-14-21(22)18-4-2-1-3-5-18/h1-13,21-22,24-25,29,34,37H,14-15,28H2,(H,30,33)(H,31,35)(H,32,36)/t21-,22+,24+,25+/m1/s1. The average molecular weight is 504 g/mol. The van der Waals surface area contributed by atoms with Crippen LogP contribution in [-0.2, 0) is 9.59 Å². The number of nitrogens with two attached hydrogens (primary N) is 1. The molecule has 3 amide bonds. The second kappa shape index (κ2) is 11.8. The zero-order valence-electron chi connectivity index (χ0n) is 19.9. The molecule has 0 radical (unpaired) electrons. The van der Waals surface area contributed by atoms with Crippen LogP contribution >= 0.6 is 0 Å². The summed E-state index contributed by atoms with van der Waals surface area (Å²) in [7, 11) is 0. The van der Waals surface area contributed by atoms with Crippen molar-refractivity contribution < 1.29 is 24.7 Å². The van der Waals surface area contributed by atoms with Gasteiger partial charge < -0.3 is 26.8 Å². The third-order valence-electron chi connectivity index (χ3n) is 6.21. The first kappa shape index (κ1) is 26.0. The van der Waals surface area contributed by atoms with Crippen LogP contribution < -0.4 is 27.2 Å². The van der Waals surface area contributed by atoms with Crippen molar-refractivity contribution >= 4 is 23.4 Å². The van der Waals surface area contributed by atoms with Crippen molar-refractivity contribution in [2.45, 2.75) is 30.7 Å². The number of carbonyl (C=O) groups excluding carboxylic acids is 3. The molecule has 0 spiro atoms. The van der Waals surface area contributed by atoms with Gasteiger partial charge in [0.1, 0.15) is 12.3 Å². The van der Waals surface area contributed by atoms with Crippen molar-refractivity contribution in [2.75, 3.05) is 11.9 Å². The zero-order chi connectivity index (χ0) is 26.4. The van der Waals surface area contributed by atoms with Crippen molar-refractivity contribution in [1.29, 1.82) is 0 Å². The lowest BCUT2D eigenvalue weighted by Gasteiger charge is -2.19. The van der Waals surface area contributed by atoms with Crippen LogP contribution in [0.1, 0.15) is 28.3 Å². The van der Waals surface area contributed by atoms with Crippen molar-refractivity contribution in [3.63, 3.8) is 0 Å². The maximum Gasteiger partial charge on any atom is 0.270 e. The highest BCUT2D eigenvalue weighted by Gasteiger charge is 2.37. The predicted molar refractivity (Wildman–Crippen MR) is 137 cm³/mol. The molecule has 4 atom stereocenters. The number of benzene rings is 3. The van der Waals surface area contributed by atoms with Gasteiger partial charge in [-0.05, 0) is 47.4 Å². The van der Waals surface area contributed by atoms with Gasteiger partial charge in [0.05, 0.1) is 6.54 Å². The Balaban J connectivity index is 1.27. The number of carbonyl (C=O) groups is 3. The van der Waals surface area contributed by atoms with Crippen molar-refractivity contribution in [1.82, 2.24) is 16.1 Å². The number of hydrogen-bond donors (Lipinski definition) is 7. The van der Waals surface area contributed by atoms with Gasteiger partial charge in [-0.2, -0.15) is 0 Å². The quantitative estimate of drug-likeness (QED) is 0.124. The van der Waals surface area contributed by atoms with Gasteiger partial charge in [0.25, 0.3) is 11.8 Å². The summed E-state index contributed by atoms with van der Waals surface area (Å²) >= 11 is 0. The molecule has 0 saturated heterocycles. The van der Waals surface area contributed by atoms with E-state index >= 15 is 0 Å². The Labute approximate surface area is 213 Å². The van der Waals surface area contributed by atoms with Gasteiger partial charge in [-0.25, -0.2) is 5.48 Å². The molecule has 192 valence electrons. The summed E-state index contributed by atoms with van der Waals surface area (Å²) in [5.41, 5.74) is 10.5. The van der Waals surface area contributed by atoms with Gasteiger partial charge in [0.15, 0.2) is 0 Å². The molecule has 0 aliphatic heterocycles. The lowest BCUT2D eigenvalue weighted by molar-refractivity contribution is -0.133. The molecule has 3 aromatic rings. The first-order chi connectivity index (χ1) is 17.9. The number of amides is 3. The second-order valence-corrected chi connectivity index (χ2v) is 8.86. The maximum absolute atomic E-state index is 12.4. The van der Waals surface area contributed by atoms with E-state index in [1.807, 2.05) is 30.3 Å². The molecule has 1 aliphatic carbocycles. The van der Waals surface area contributed by atoms with Crippen molar-refractivity contribution in [3.8, 4) is 11.1 Å². The maximum atomic E-state index is 12.4. The minimum Gasteiger partial charge on any atom is -0.376 e. The van der Waals surface area contributed by atoms with Gasteiger partial charge >= 0.3 is 0 Å². The number of aliphatic hydroxyl groups is 1. The Morgan fingerprint density at radius 3 is 2.14 bits per heavy atom. The summed E-state index contributed by atoms with van der Waals surface area (Å²) in [6.07, 6.45) is -0.662.